The van der Waals surface area contributed by atoms with Gasteiger partial charge in [0.1, 0.15) is 5.25 Å². The van der Waals surface area contributed by atoms with Gasteiger partial charge >= 0.3 is 5.97 Å². The van der Waals surface area contributed by atoms with Gasteiger partial charge in [-0.15, -0.1) is 11.8 Å². The lowest BCUT2D eigenvalue weighted by Gasteiger charge is -2.09. The van der Waals surface area contributed by atoms with E-state index >= 15 is 0 Å². The average molecular weight is 255 g/mol. The molecule has 0 bridgehead atoms. The maximum absolute atomic E-state index is 11.3. The van der Waals surface area contributed by atoms with E-state index in [1.54, 1.807) is 19.1 Å². The minimum absolute atomic E-state index is 0.0105. The van der Waals surface area contributed by atoms with Gasteiger partial charge in [-0.2, -0.15) is 0 Å². The number of ether oxygens (including phenoxy) is 1. The zero-order chi connectivity index (χ0) is 13.0. The standard InChI is InChI=1S/C11H13NO4S/c1-7-4-5-9(12(14)15)10(6-7)17-8(2)11(13)16-3/h4-6,8H,1-3H3. The molecule has 0 amide bonds. The molecule has 1 aromatic carbocycles. The molecule has 0 saturated heterocycles. The highest BCUT2D eigenvalue weighted by atomic mass is 32.2. The number of thioether (sulfide) groups is 1. The molecule has 0 radical (unpaired) electrons. The molecule has 1 rings (SSSR count). The molecular weight excluding hydrogens is 242 g/mol. The summed E-state index contributed by atoms with van der Waals surface area (Å²) in [6.45, 7) is 3.50. The Morgan fingerprint density at radius 2 is 2.18 bits per heavy atom. The van der Waals surface area contributed by atoms with E-state index in [9.17, 15) is 14.9 Å². The second kappa shape index (κ2) is 5.67. The zero-order valence-corrected chi connectivity index (χ0v) is 10.6. The molecule has 5 nitrogen and oxygen atoms in total. The van der Waals surface area contributed by atoms with Crippen LogP contribution >= 0.6 is 11.8 Å². The SMILES string of the molecule is COC(=O)C(C)Sc1cc(C)ccc1[N+](=O)[O-]. The second-order valence-corrected chi connectivity index (χ2v) is 4.89. The van der Waals surface area contributed by atoms with Gasteiger partial charge in [-0.3, -0.25) is 14.9 Å². The van der Waals surface area contributed by atoms with Crippen LogP contribution < -0.4 is 0 Å². The molecule has 0 spiro atoms. The zero-order valence-electron chi connectivity index (χ0n) is 9.80. The molecular formula is C11H13NO4S. The molecule has 0 aliphatic rings. The summed E-state index contributed by atoms with van der Waals surface area (Å²) in [5.41, 5.74) is 0.923. The van der Waals surface area contributed by atoms with E-state index in [0.717, 1.165) is 17.3 Å². The van der Waals surface area contributed by atoms with Crippen LogP contribution in [0.3, 0.4) is 0 Å². The number of nitro groups is 1. The number of hydrogen-bond acceptors (Lipinski definition) is 5. The molecule has 1 unspecified atom stereocenters. The van der Waals surface area contributed by atoms with Crippen molar-refractivity contribution < 1.29 is 14.5 Å². The van der Waals surface area contributed by atoms with E-state index in [1.807, 2.05) is 6.92 Å². The van der Waals surface area contributed by atoms with Crippen LogP contribution in [0, 0.1) is 17.0 Å². The minimum atomic E-state index is -0.472. The third kappa shape index (κ3) is 3.45. The quantitative estimate of drug-likeness (QED) is 0.358. The lowest BCUT2D eigenvalue weighted by atomic mass is 10.2. The van der Waals surface area contributed by atoms with Gasteiger partial charge in [0.05, 0.1) is 16.9 Å². The summed E-state index contributed by atoms with van der Waals surface area (Å²) < 4.78 is 4.59. The Bertz CT molecular complexity index is 447. The predicted molar refractivity (Wildman–Crippen MR) is 65.2 cm³/mol. The average Bonchev–Trinajstić information content (AvgIpc) is 2.27. The summed E-state index contributed by atoms with van der Waals surface area (Å²) in [4.78, 5) is 22.1. The van der Waals surface area contributed by atoms with Gasteiger partial charge in [-0.05, 0) is 25.5 Å². The maximum Gasteiger partial charge on any atom is 0.318 e. The molecule has 1 atom stereocenters. The number of nitro benzene ring substituents is 1. The lowest BCUT2D eigenvalue weighted by Crippen LogP contribution is -2.14. The van der Waals surface area contributed by atoms with Crippen molar-refractivity contribution in [2.45, 2.75) is 24.0 Å². The number of carbonyl (C=O) groups excluding carboxylic acids is 1. The molecule has 0 aliphatic carbocycles. The van der Waals surface area contributed by atoms with Crippen molar-refractivity contribution in [1.82, 2.24) is 0 Å². The van der Waals surface area contributed by atoms with Crippen molar-refractivity contribution in [1.29, 1.82) is 0 Å². The van der Waals surface area contributed by atoms with Crippen LogP contribution in [0.15, 0.2) is 23.1 Å². The van der Waals surface area contributed by atoms with Gasteiger partial charge in [0.15, 0.2) is 0 Å². The van der Waals surface area contributed by atoms with E-state index in [1.165, 1.54) is 13.2 Å². The number of hydrogen-bond donors (Lipinski definition) is 0. The van der Waals surface area contributed by atoms with Crippen LogP contribution in [0.1, 0.15) is 12.5 Å². The molecule has 0 aliphatic heterocycles. The Morgan fingerprint density at radius 3 is 2.71 bits per heavy atom. The highest BCUT2D eigenvalue weighted by molar-refractivity contribution is 8.00. The second-order valence-electron chi connectivity index (χ2n) is 3.51. The topological polar surface area (TPSA) is 69.4 Å². The van der Waals surface area contributed by atoms with Crippen LogP contribution in [-0.2, 0) is 9.53 Å². The van der Waals surface area contributed by atoms with Crippen LogP contribution in [0.5, 0.6) is 0 Å². The largest absolute Gasteiger partial charge is 0.468 e. The van der Waals surface area contributed by atoms with Crippen molar-refractivity contribution in [3.05, 3.63) is 33.9 Å². The van der Waals surface area contributed by atoms with Crippen LogP contribution in [0.2, 0.25) is 0 Å². The molecule has 17 heavy (non-hydrogen) atoms. The molecule has 0 fully saturated rings. The monoisotopic (exact) mass is 255 g/mol. The number of carbonyl (C=O) groups is 1. The van der Waals surface area contributed by atoms with E-state index in [4.69, 9.17) is 0 Å². The highest BCUT2D eigenvalue weighted by Crippen LogP contribution is 2.33. The Kier molecular flexibility index (Phi) is 4.51. The molecule has 0 saturated carbocycles. The number of methoxy groups -OCH3 is 1. The third-order valence-corrected chi connectivity index (χ3v) is 3.28. The predicted octanol–water partition coefficient (Wildman–Crippen LogP) is 2.56. The first-order valence-corrected chi connectivity index (χ1v) is 5.83. The molecule has 1 aromatic rings. The van der Waals surface area contributed by atoms with E-state index < -0.39 is 16.1 Å². The van der Waals surface area contributed by atoms with Gasteiger partial charge in [0.25, 0.3) is 5.69 Å². The number of aryl methyl sites for hydroxylation is 1. The smallest absolute Gasteiger partial charge is 0.318 e. The van der Waals surface area contributed by atoms with Crippen molar-refractivity contribution in [3.63, 3.8) is 0 Å². The van der Waals surface area contributed by atoms with Gasteiger partial charge in [-0.25, -0.2) is 0 Å². The summed E-state index contributed by atoms with van der Waals surface area (Å²) in [6, 6.07) is 4.81. The Morgan fingerprint density at radius 1 is 1.53 bits per heavy atom. The summed E-state index contributed by atoms with van der Waals surface area (Å²) >= 11 is 1.13. The van der Waals surface area contributed by atoms with Crippen molar-refractivity contribution >= 4 is 23.4 Å². The number of nitrogens with zero attached hydrogens (tertiary/aromatic N) is 1. The molecule has 0 N–H and O–H groups in total. The minimum Gasteiger partial charge on any atom is -0.468 e. The number of esters is 1. The number of benzene rings is 1. The van der Waals surface area contributed by atoms with E-state index in [0.29, 0.717) is 4.90 Å². The van der Waals surface area contributed by atoms with Crippen LogP contribution in [0.25, 0.3) is 0 Å². The summed E-state index contributed by atoms with van der Waals surface area (Å²) in [5.74, 6) is -0.397. The first-order valence-electron chi connectivity index (χ1n) is 4.95. The Labute approximate surface area is 103 Å². The Hall–Kier alpha value is -1.56. The van der Waals surface area contributed by atoms with Gasteiger partial charge in [0.2, 0.25) is 0 Å². The van der Waals surface area contributed by atoms with Crippen molar-refractivity contribution in [2.75, 3.05) is 7.11 Å². The van der Waals surface area contributed by atoms with Crippen LogP contribution in [0.4, 0.5) is 5.69 Å². The summed E-state index contributed by atoms with van der Waals surface area (Å²) in [7, 11) is 1.30. The van der Waals surface area contributed by atoms with Gasteiger partial charge in [-0.1, -0.05) is 6.07 Å². The summed E-state index contributed by atoms with van der Waals surface area (Å²) in [5, 5.41) is 10.4. The fourth-order valence-corrected chi connectivity index (χ4v) is 2.36. The third-order valence-electron chi connectivity index (χ3n) is 2.15. The van der Waals surface area contributed by atoms with Gasteiger partial charge < -0.3 is 4.74 Å². The lowest BCUT2D eigenvalue weighted by molar-refractivity contribution is -0.387. The molecule has 0 heterocycles. The van der Waals surface area contributed by atoms with Crippen LogP contribution in [-0.4, -0.2) is 23.3 Å². The fraction of sp³-hybridized carbons (Fsp3) is 0.364. The fourth-order valence-electron chi connectivity index (χ4n) is 1.27. The molecule has 0 aromatic heterocycles. The highest BCUT2D eigenvalue weighted by Gasteiger charge is 2.21. The maximum atomic E-state index is 11.3. The van der Waals surface area contributed by atoms with E-state index in [-0.39, 0.29) is 5.69 Å². The Balaban J connectivity index is 3.00. The van der Waals surface area contributed by atoms with E-state index in [2.05, 4.69) is 4.74 Å². The van der Waals surface area contributed by atoms with Gasteiger partial charge in [0, 0.05) is 6.07 Å². The number of rotatable bonds is 4. The normalized spacial score (nSPS) is 11.9. The van der Waals surface area contributed by atoms with Crippen molar-refractivity contribution in [2.24, 2.45) is 0 Å². The first-order chi connectivity index (χ1) is 7.95. The summed E-state index contributed by atoms with van der Waals surface area (Å²) in [6.07, 6.45) is 0. The molecule has 92 valence electrons. The van der Waals surface area contributed by atoms with Crippen molar-refractivity contribution in [3.8, 4) is 0 Å². The molecule has 6 heteroatoms. The first kappa shape index (κ1) is 13.5.